The molecule has 106 valence electrons. The first-order valence-electron chi connectivity index (χ1n) is 6.07. The van der Waals surface area contributed by atoms with Crippen molar-refractivity contribution in [3.8, 4) is 11.5 Å². The zero-order valence-corrected chi connectivity index (χ0v) is 10.8. The number of alkyl halides is 3. The first-order chi connectivity index (χ1) is 9.36. The second-order valence-electron chi connectivity index (χ2n) is 4.48. The van der Waals surface area contributed by atoms with Crippen molar-refractivity contribution in [2.24, 2.45) is 5.73 Å². The van der Waals surface area contributed by atoms with Crippen molar-refractivity contribution in [3.63, 3.8) is 0 Å². The van der Waals surface area contributed by atoms with Gasteiger partial charge in [0.2, 0.25) is 0 Å². The monoisotopic (exact) mass is 281 g/mol. The zero-order chi connectivity index (χ0) is 14.8. The maximum atomic E-state index is 12.4. The standard InChI is InChI=1S/C15H14F3NO/c1-10(19)11-2-6-13(7-3-11)20-14-8-4-12(5-9-14)15(16,17)18/h2-10H,19H2,1H3. The van der Waals surface area contributed by atoms with Gasteiger partial charge < -0.3 is 10.5 Å². The second kappa shape index (κ2) is 5.54. The molecule has 1 unspecified atom stereocenters. The third-order valence-corrected chi connectivity index (χ3v) is 2.82. The molecule has 0 saturated carbocycles. The van der Waals surface area contributed by atoms with Crippen molar-refractivity contribution in [3.05, 3.63) is 59.7 Å². The quantitative estimate of drug-likeness (QED) is 0.897. The number of halogens is 3. The van der Waals surface area contributed by atoms with E-state index >= 15 is 0 Å². The topological polar surface area (TPSA) is 35.2 Å². The lowest BCUT2D eigenvalue weighted by atomic mass is 10.1. The summed E-state index contributed by atoms with van der Waals surface area (Å²) in [4.78, 5) is 0. The van der Waals surface area contributed by atoms with Crippen LogP contribution in [0.15, 0.2) is 48.5 Å². The summed E-state index contributed by atoms with van der Waals surface area (Å²) in [5.74, 6) is 0.903. The summed E-state index contributed by atoms with van der Waals surface area (Å²) in [6.45, 7) is 1.87. The van der Waals surface area contributed by atoms with Crippen LogP contribution in [0.3, 0.4) is 0 Å². The van der Waals surface area contributed by atoms with Crippen molar-refractivity contribution >= 4 is 0 Å². The van der Waals surface area contributed by atoms with E-state index in [1.54, 1.807) is 12.1 Å². The summed E-state index contributed by atoms with van der Waals surface area (Å²) >= 11 is 0. The first-order valence-corrected chi connectivity index (χ1v) is 6.07. The highest BCUT2D eigenvalue weighted by Gasteiger charge is 2.30. The molecule has 2 nitrogen and oxygen atoms in total. The molecule has 0 heterocycles. The van der Waals surface area contributed by atoms with Crippen molar-refractivity contribution in [2.75, 3.05) is 0 Å². The van der Waals surface area contributed by atoms with E-state index in [0.29, 0.717) is 11.5 Å². The van der Waals surface area contributed by atoms with Gasteiger partial charge in [-0.3, -0.25) is 0 Å². The molecule has 0 aliphatic heterocycles. The lowest BCUT2D eigenvalue weighted by molar-refractivity contribution is -0.137. The average Bonchev–Trinajstić information content (AvgIpc) is 2.39. The van der Waals surface area contributed by atoms with Crippen molar-refractivity contribution < 1.29 is 17.9 Å². The van der Waals surface area contributed by atoms with Gasteiger partial charge in [-0.25, -0.2) is 0 Å². The van der Waals surface area contributed by atoms with Crippen LogP contribution in [0.4, 0.5) is 13.2 Å². The number of rotatable bonds is 3. The van der Waals surface area contributed by atoms with E-state index in [-0.39, 0.29) is 6.04 Å². The molecule has 0 aliphatic carbocycles. The van der Waals surface area contributed by atoms with Gasteiger partial charge in [0, 0.05) is 6.04 Å². The minimum absolute atomic E-state index is 0.0740. The van der Waals surface area contributed by atoms with E-state index in [9.17, 15) is 13.2 Å². The summed E-state index contributed by atoms with van der Waals surface area (Å²) in [6.07, 6.45) is -4.34. The molecular weight excluding hydrogens is 267 g/mol. The second-order valence-corrected chi connectivity index (χ2v) is 4.48. The molecule has 0 spiro atoms. The van der Waals surface area contributed by atoms with Crippen LogP contribution in [0.25, 0.3) is 0 Å². The first kappa shape index (κ1) is 14.4. The Morgan fingerprint density at radius 1 is 0.900 bits per heavy atom. The fourth-order valence-corrected chi connectivity index (χ4v) is 1.69. The predicted octanol–water partition coefficient (Wildman–Crippen LogP) is 4.52. The molecule has 20 heavy (non-hydrogen) atoms. The van der Waals surface area contributed by atoms with Gasteiger partial charge in [0.15, 0.2) is 0 Å². The van der Waals surface area contributed by atoms with Crippen LogP contribution in [0.1, 0.15) is 24.1 Å². The van der Waals surface area contributed by atoms with Crippen molar-refractivity contribution in [2.45, 2.75) is 19.1 Å². The fraction of sp³-hybridized carbons (Fsp3) is 0.200. The average molecular weight is 281 g/mol. The van der Waals surface area contributed by atoms with Gasteiger partial charge in [-0.15, -0.1) is 0 Å². The van der Waals surface area contributed by atoms with Crippen LogP contribution in [0.2, 0.25) is 0 Å². The van der Waals surface area contributed by atoms with Gasteiger partial charge in [-0.05, 0) is 48.9 Å². The Hall–Kier alpha value is -2.01. The Kier molecular flexibility index (Phi) is 3.99. The van der Waals surface area contributed by atoms with E-state index in [4.69, 9.17) is 10.5 Å². The summed E-state index contributed by atoms with van der Waals surface area (Å²) < 4.78 is 42.7. The van der Waals surface area contributed by atoms with E-state index in [0.717, 1.165) is 17.7 Å². The predicted molar refractivity (Wildman–Crippen MR) is 70.6 cm³/mol. The Morgan fingerprint density at radius 2 is 1.35 bits per heavy atom. The maximum absolute atomic E-state index is 12.4. The summed E-state index contributed by atoms with van der Waals surface area (Å²) in [7, 11) is 0. The maximum Gasteiger partial charge on any atom is 0.416 e. The van der Waals surface area contributed by atoms with Crippen LogP contribution in [-0.4, -0.2) is 0 Å². The van der Waals surface area contributed by atoms with Gasteiger partial charge in [-0.2, -0.15) is 13.2 Å². The molecule has 5 heteroatoms. The highest BCUT2D eigenvalue weighted by molar-refractivity contribution is 5.35. The Bertz CT molecular complexity index is 559. The minimum Gasteiger partial charge on any atom is -0.457 e. The molecule has 2 aromatic rings. The molecule has 2 rings (SSSR count). The molecule has 2 N–H and O–H groups in total. The molecule has 0 aliphatic rings. The highest BCUT2D eigenvalue weighted by Crippen LogP contribution is 2.31. The fourth-order valence-electron chi connectivity index (χ4n) is 1.69. The van der Waals surface area contributed by atoms with Gasteiger partial charge in [0.05, 0.1) is 5.56 Å². The molecule has 1 atom stereocenters. The van der Waals surface area contributed by atoms with Crippen LogP contribution >= 0.6 is 0 Å². The number of benzene rings is 2. The minimum atomic E-state index is -4.34. The summed E-state index contributed by atoms with van der Waals surface area (Å²) in [5, 5.41) is 0. The van der Waals surface area contributed by atoms with Gasteiger partial charge in [0.1, 0.15) is 11.5 Å². The van der Waals surface area contributed by atoms with Gasteiger partial charge >= 0.3 is 6.18 Å². The van der Waals surface area contributed by atoms with Crippen LogP contribution < -0.4 is 10.5 Å². The lowest BCUT2D eigenvalue weighted by Gasteiger charge is -2.10. The molecule has 0 amide bonds. The molecule has 0 radical (unpaired) electrons. The Labute approximate surface area is 115 Å². The smallest absolute Gasteiger partial charge is 0.416 e. The zero-order valence-electron chi connectivity index (χ0n) is 10.8. The van der Waals surface area contributed by atoms with Crippen molar-refractivity contribution in [1.29, 1.82) is 0 Å². The molecule has 0 fully saturated rings. The molecule has 0 aromatic heterocycles. The number of hydrogen-bond acceptors (Lipinski definition) is 2. The molecule has 2 aromatic carbocycles. The molecule has 0 bridgehead atoms. The number of hydrogen-bond donors (Lipinski definition) is 1. The largest absolute Gasteiger partial charge is 0.457 e. The highest BCUT2D eigenvalue weighted by atomic mass is 19.4. The third kappa shape index (κ3) is 3.51. The molecule has 0 saturated heterocycles. The van der Waals surface area contributed by atoms with E-state index < -0.39 is 11.7 Å². The summed E-state index contributed by atoms with van der Waals surface area (Å²) in [6, 6.07) is 11.6. The van der Waals surface area contributed by atoms with Crippen LogP contribution in [0.5, 0.6) is 11.5 Å². The van der Waals surface area contributed by atoms with Gasteiger partial charge in [-0.1, -0.05) is 12.1 Å². The number of ether oxygens (including phenoxy) is 1. The number of nitrogens with two attached hydrogens (primary N) is 1. The van der Waals surface area contributed by atoms with Crippen LogP contribution in [0, 0.1) is 0 Å². The molecular formula is C15H14F3NO. The SMILES string of the molecule is CC(N)c1ccc(Oc2ccc(C(F)(F)F)cc2)cc1. The summed E-state index contributed by atoms with van der Waals surface area (Å²) in [5.41, 5.74) is 5.99. The van der Waals surface area contributed by atoms with Crippen LogP contribution in [-0.2, 0) is 6.18 Å². The lowest BCUT2D eigenvalue weighted by Crippen LogP contribution is -2.04. The van der Waals surface area contributed by atoms with E-state index in [2.05, 4.69) is 0 Å². The third-order valence-electron chi connectivity index (χ3n) is 2.82. The van der Waals surface area contributed by atoms with Crippen molar-refractivity contribution in [1.82, 2.24) is 0 Å². The van der Waals surface area contributed by atoms with Gasteiger partial charge in [0.25, 0.3) is 0 Å². The Morgan fingerprint density at radius 3 is 1.75 bits per heavy atom. The normalized spacial score (nSPS) is 13.1. The van der Waals surface area contributed by atoms with E-state index in [1.165, 1.54) is 12.1 Å². The Balaban J connectivity index is 2.10. The van der Waals surface area contributed by atoms with E-state index in [1.807, 2.05) is 19.1 Å².